The van der Waals surface area contributed by atoms with Crippen molar-refractivity contribution in [3.63, 3.8) is 0 Å². The van der Waals surface area contributed by atoms with Crippen molar-refractivity contribution in [3.8, 4) is 0 Å². The second kappa shape index (κ2) is 7.64. The van der Waals surface area contributed by atoms with Gasteiger partial charge in [-0.25, -0.2) is 9.59 Å². The lowest BCUT2D eigenvalue weighted by molar-refractivity contribution is -0.159. The largest absolute Gasteiger partial charge is 0.473 e. The molecule has 0 spiro atoms. The van der Waals surface area contributed by atoms with Gasteiger partial charge in [-0.3, -0.25) is 4.90 Å². The number of carboxylic acids is 2. The number of carbonyl (C=O) groups is 2. The van der Waals surface area contributed by atoms with Crippen LogP contribution in [0.4, 0.5) is 0 Å². The molecule has 3 aliphatic heterocycles. The van der Waals surface area contributed by atoms with Gasteiger partial charge in [-0.2, -0.15) is 0 Å². The van der Waals surface area contributed by atoms with E-state index >= 15 is 0 Å². The first kappa shape index (κ1) is 16.2. The van der Waals surface area contributed by atoms with E-state index in [0.29, 0.717) is 5.92 Å². The molecule has 112 valence electrons. The molecule has 7 heteroatoms. The number of oxime groups is 1. The van der Waals surface area contributed by atoms with Crippen molar-refractivity contribution in [3.05, 3.63) is 12.7 Å². The van der Waals surface area contributed by atoms with Gasteiger partial charge >= 0.3 is 11.9 Å². The van der Waals surface area contributed by atoms with E-state index in [1.165, 1.54) is 31.6 Å². The van der Waals surface area contributed by atoms with Crippen molar-refractivity contribution >= 4 is 17.7 Å². The summed E-state index contributed by atoms with van der Waals surface area (Å²) in [6, 6.07) is 0. The second-order valence-corrected chi connectivity index (χ2v) is 4.79. The van der Waals surface area contributed by atoms with E-state index in [9.17, 15) is 0 Å². The summed E-state index contributed by atoms with van der Waals surface area (Å²) < 4.78 is 0. The zero-order chi connectivity index (χ0) is 15.1. The van der Waals surface area contributed by atoms with Gasteiger partial charge in [-0.15, -0.1) is 0 Å². The third-order valence-electron chi connectivity index (χ3n) is 3.30. The zero-order valence-corrected chi connectivity index (χ0v) is 11.5. The normalized spacial score (nSPS) is 27.1. The molecule has 20 heavy (non-hydrogen) atoms. The highest BCUT2D eigenvalue weighted by atomic mass is 16.6. The van der Waals surface area contributed by atoms with E-state index in [2.05, 4.69) is 16.6 Å². The van der Waals surface area contributed by atoms with E-state index < -0.39 is 11.9 Å². The summed E-state index contributed by atoms with van der Waals surface area (Å²) >= 11 is 0. The summed E-state index contributed by atoms with van der Waals surface area (Å²) in [6.45, 7) is 9.11. The van der Waals surface area contributed by atoms with Crippen LogP contribution < -0.4 is 0 Å². The van der Waals surface area contributed by atoms with Gasteiger partial charge in [0.2, 0.25) is 0 Å². The van der Waals surface area contributed by atoms with Crippen LogP contribution in [0.2, 0.25) is 0 Å². The Morgan fingerprint density at radius 2 is 1.95 bits per heavy atom. The molecule has 3 saturated heterocycles. The molecule has 0 amide bonds. The van der Waals surface area contributed by atoms with Gasteiger partial charge in [0, 0.05) is 12.5 Å². The fourth-order valence-corrected chi connectivity index (χ4v) is 2.08. The topological polar surface area (TPSA) is 99.4 Å². The van der Waals surface area contributed by atoms with Gasteiger partial charge in [0.25, 0.3) is 0 Å². The van der Waals surface area contributed by atoms with Crippen molar-refractivity contribution in [2.45, 2.75) is 25.9 Å². The Kier molecular flexibility index (Phi) is 6.17. The SMILES string of the molecule is C=CC(C)ON=C1CN2CCC1CC2.O=C(O)C(=O)O. The van der Waals surface area contributed by atoms with Crippen molar-refractivity contribution in [1.29, 1.82) is 0 Å². The maximum atomic E-state index is 9.10. The van der Waals surface area contributed by atoms with Gasteiger partial charge in [0.15, 0.2) is 0 Å². The van der Waals surface area contributed by atoms with Crippen LogP contribution in [0.15, 0.2) is 17.8 Å². The first-order valence-electron chi connectivity index (χ1n) is 6.47. The third-order valence-corrected chi connectivity index (χ3v) is 3.30. The predicted molar refractivity (Wildman–Crippen MR) is 72.6 cm³/mol. The summed E-state index contributed by atoms with van der Waals surface area (Å²) in [5.74, 6) is -2.97. The highest BCUT2D eigenvalue weighted by Gasteiger charge is 2.31. The van der Waals surface area contributed by atoms with Gasteiger partial charge < -0.3 is 15.1 Å². The molecular formula is C13H20N2O5. The highest BCUT2D eigenvalue weighted by Crippen LogP contribution is 2.25. The molecule has 0 aromatic rings. The number of aliphatic carboxylic acids is 2. The van der Waals surface area contributed by atoms with Crippen LogP contribution in [0, 0.1) is 5.92 Å². The first-order chi connectivity index (χ1) is 9.43. The maximum Gasteiger partial charge on any atom is 0.414 e. The van der Waals surface area contributed by atoms with E-state index in [1.54, 1.807) is 6.08 Å². The molecule has 0 saturated carbocycles. The molecule has 2 N–H and O–H groups in total. The first-order valence-corrected chi connectivity index (χ1v) is 6.47. The molecule has 3 rings (SSSR count). The van der Waals surface area contributed by atoms with Crippen LogP contribution in [0.3, 0.4) is 0 Å². The molecule has 0 aliphatic carbocycles. The number of piperidine rings is 3. The number of carboxylic acid groups (broad SMARTS) is 2. The lowest BCUT2D eigenvalue weighted by atomic mass is 9.87. The molecule has 0 aromatic heterocycles. The Balaban J connectivity index is 0.000000286. The Morgan fingerprint density at radius 3 is 2.30 bits per heavy atom. The van der Waals surface area contributed by atoms with E-state index in [-0.39, 0.29) is 6.10 Å². The number of hydrogen-bond acceptors (Lipinski definition) is 5. The monoisotopic (exact) mass is 284 g/mol. The van der Waals surface area contributed by atoms with Crippen LogP contribution in [-0.2, 0) is 14.4 Å². The van der Waals surface area contributed by atoms with Gasteiger partial charge in [0.05, 0.1) is 5.71 Å². The molecule has 0 aromatic carbocycles. The zero-order valence-electron chi connectivity index (χ0n) is 11.5. The minimum atomic E-state index is -1.82. The van der Waals surface area contributed by atoms with Crippen molar-refractivity contribution in [2.75, 3.05) is 19.6 Å². The van der Waals surface area contributed by atoms with Gasteiger partial charge in [0.1, 0.15) is 6.10 Å². The molecule has 7 nitrogen and oxygen atoms in total. The average Bonchev–Trinajstić information content (AvgIpc) is 2.46. The summed E-state index contributed by atoms with van der Waals surface area (Å²) in [7, 11) is 0. The summed E-state index contributed by atoms with van der Waals surface area (Å²) in [4.78, 5) is 26.0. The molecule has 3 heterocycles. The van der Waals surface area contributed by atoms with Gasteiger partial charge in [-0.05, 0) is 38.9 Å². The smallest absolute Gasteiger partial charge is 0.414 e. The van der Waals surface area contributed by atoms with Crippen molar-refractivity contribution in [1.82, 2.24) is 4.90 Å². The molecule has 3 fully saturated rings. The van der Waals surface area contributed by atoms with Crippen LogP contribution in [-0.4, -0.2) is 58.5 Å². The fraction of sp³-hybridized carbons (Fsp3) is 0.615. The van der Waals surface area contributed by atoms with E-state index in [0.717, 1.165) is 6.54 Å². The molecule has 1 atom stereocenters. The number of fused-ring (bicyclic) bond motifs is 3. The van der Waals surface area contributed by atoms with Crippen molar-refractivity contribution in [2.24, 2.45) is 11.1 Å². The van der Waals surface area contributed by atoms with Crippen LogP contribution in [0.5, 0.6) is 0 Å². The highest BCUT2D eigenvalue weighted by molar-refractivity contribution is 6.27. The number of nitrogens with zero attached hydrogens (tertiary/aromatic N) is 2. The quantitative estimate of drug-likeness (QED) is 0.452. The Morgan fingerprint density at radius 1 is 1.40 bits per heavy atom. The van der Waals surface area contributed by atoms with Crippen molar-refractivity contribution < 1.29 is 24.6 Å². The minimum absolute atomic E-state index is 0.0259. The van der Waals surface area contributed by atoms with E-state index in [4.69, 9.17) is 24.6 Å². The molecular weight excluding hydrogens is 264 g/mol. The lowest BCUT2D eigenvalue weighted by Crippen LogP contribution is -2.48. The van der Waals surface area contributed by atoms with Crippen LogP contribution in [0.1, 0.15) is 19.8 Å². The Bertz CT molecular complexity index is 388. The summed E-state index contributed by atoms with van der Waals surface area (Å²) in [5, 5.41) is 19.0. The Hall–Kier alpha value is -1.89. The standard InChI is InChI=1S/C11H18N2O.C2H2O4/c1-3-9(2)14-12-11-8-13-6-4-10(11)5-7-13;3-1(4)2(5)6/h3,9-10H,1,4-8H2,2H3;(H,3,4)(H,5,6). The average molecular weight is 284 g/mol. The van der Waals surface area contributed by atoms with Crippen LogP contribution in [0.25, 0.3) is 0 Å². The number of rotatable bonds is 3. The maximum absolute atomic E-state index is 9.10. The minimum Gasteiger partial charge on any atom is -0.473 e. The van der Waals surface area contributed by atoms with Crippen LogP contribution >= 0.6 is 0 Å². The lowest BCUT2D eigenvalue weighted by Gasteiger charge is -2.39. The summed E-state index contributed by atoms with van der Waals surface area (Å²) in [6.07, 6.45) is 4.30. The fourth-order valence-electron chi connectivity index (χ4n) is 2.08. The molecule has 0 radical (unpaired) electrons. The molecule has 1 unspecified atom stereocenters. The third kappa shape index (κ3) is 5.00. The second-order valence-electron chi connectivity index (χ2n) is 4.79. The number of hydrogen-bond donors (Lipinski definition) is 2. The van der Waals surface area contributed by atoms with E-state index in [1.807, 2.05) is 6.92 Å². The molecule has 2 bridgehead atoms. The molecule has 3 aliphatic rings. The predicted octanol–water partition coefficient (Wildman–Crippen LogP) is 0.815. The Labute approximate surface area is 117 Å². The van der Waals surface area contributed by atoms with Gasteiger partial charge in [-0.1, -0.05) is 11.7 Å². The summed E-state index contributed by atoms with van der Waals surface area (Å²) in [5.41, 5.74) is 1.23.